The van der Waals surface area contributed by atoms with Crippen molar-refractivity contribution in [1.29, 1.82) is 0 Å². The molecule has 1 aromatic rings. The Kier molecular flexibility index (Phi) is 5.45. The number of amides is 3. The minimum atomic E-state index is -0.953. The van der Waals surface area contributed by atoms with E-state index in [0.29, 0.717) is 18.4 Å². The summed E-state index contributed by atoms with van der Waals surface area (Å²) in [6.07, 6.45) is 3.24. The summed E-state index contributed by atoms with van der Waals surface area (Å²) in [6, 6.07) is 5.03. The molecule has 0 unspecified atom stereocenters. The van der Waals surface area contributed by atoms with E-state index in [0.717, 1.165) is 16.0 Å². The van der Waals surface area contributed by atoms with Crippen molar-refractivity contribution >= 4 is 17.7 Å². The summed E-state index contributed by atoms with van der Waals surface area (Å²) < 4.78 is 0. The van der Waals surface area contributed by atoms with Crippen LogP contribution in [0.25, 0.3) is 0 Å². The number of ketones is 1. The molecule has 1 N–H and O–H groups in total. The molecule has 0 saturated carbocycles. The number of nitrogens with one attached hydrogen (secondary N) is 1. The quantitative estimate of drug-likeness (QED) is 0.488. The highest BCUT2D eigenvalue weighted by molar-refractivity contribution is 6.11. The second-order valence-electron chi connectivity index (χ2n) is 7.22. The van der Waals surface area contributed by atoms with Crippen LogP contribution in [0.5, 0.6) is 0 Å². The van der Waals surface area contributed by atoms with Crippen molar-refractivity contribution in [2.45, 2.75) is 53.0 Å². The first-order chi connectivity index (χ1) is 11.6. The molecule has 25 heavy (non-hydrogen) atoms. The van der Waals surface area contributed by atoms with Crippen LogP contribution in [0.4, 0.5) is 4.79 Å². The largest absolute Gasteiger partial charge is 0.325 e. The van der Waals surface area contributed by atoms with E-state index in [-0.39, 0.29) is 18.2 Å². The minimum absolute atomic E-state index is 0.227. The van der Waals surface area contributed by atoms with Gasteiger partial charge in [-0.3, -0.25) is 14.5 Å². The van der Waals surface area contributed by atoms with Gasteiger partial charge in [0, 0.05) is 5.56 Å². The monoisotopic (exact) mass is 342 g/mol. The Morgan fingerprint density at radius 1 is 1.24 bits per heavy atom. The highest BCUT2D eigenvalue weighted by Crippen LogP contribution is 2.24. The molecule has 1 aromatic carbocycles. The zero-order valence-corrected chi connectivity index (χ0v) is 15.6. The molecule has 1 aliphatic rings. The van der Waals surface area contributed by atoms with Gasteiger partial charge in [-0.05, 0) is 53.0 Å². The van der Waals surface area contributed by atoms with Gasteiger partial charge in [0.1, 0.15) is 5.54 Å². The Labute approximate surface area is 149 Å². The molecule has 1 atom stereocenters. The number of Topliss-reactive ketones (excluding diaryl/α,β-unsaturated/α-hetero) is 1. The predicted octanol–water partition coefficient (Wildman–Crippen LogP) is 3.54. The van der Waals surface area contributed by atoms with Gasteiger partial charge in [-0.25, -0.2) is 4.79 Å². The molecule has 2 rings (SSSR count). The molecule has 0 radical (unpaired) electrons. The second kappa shape index (κ2) is 7.21. The molecule has 1 heterocycles. The zero-order valence-electron chi connectivity index (χ0n) is 15.6. The Morgan fingerprint density at radius 3 is 2.52 bits per heavy atom. The summed E-state index contributed by atoms with van der Waals surface area (Å²) in [4.78, 5) is 38.5. The molecule has 134 valence electrons. The number of carbonyl (C=O) groups excluding carboxylic acids is 3. The highest BCUT2D eigenvalue weighted by atomic mass is 16.2. The second-order valence-corrected chi connectivity index (χ2v) is 7.22. The average Bonchev–Trinajstić information content (AvgIpc) is 2.70. The van der Waals surface area contributed by atoms with E-state index < -0.39 is 11.6 Å². The van der Waals surface area contributed by atoms with Gasteiger partial charge in [0.25, 0.3) is 5.91 Å². The molecule has 5 nitrogen and oxygen atoms in total. The topological polar surface area (TPSA) is 66.5 Å². The Bertz CT molecular complexity index is 747. The van der Waals surface area contributed by atoms with Gasteiger partial charge in [-0.2, -0.15) is 0 Å². The summed E-state index contributed by atoms with van der Waals surface area (Å²) in [7, 11) is 0. The predicted molar refractivity (Wildman–Crippen MR) is 97.6 cm³/mol. The number of aryl methyl sites for hydroxylation is 2. The first-order valence-electron chi connectivity index (χ1n) is 8.52. The Balaban J connectivity index is 2.12. The van der Waals surface area contributed by atoms with Gasteiger partial charge in [-0.15, -0.1) is 0 Å². The first-order valence-corrected chi connectivity index (χ1v) is 8.52. The fraction of sp³-hybridized carbons (Fsp3) is 0.450. The standard InChI is InChI=1S/C20H26N2O3/c1-13(2)7-6-10-20(5)18(24)22(19(25)21-20)12-17(23)16-9-8-14(3)11-15(16)4/h7-9,11H,6,10,12H2,1-5H3,(H,21,25)/t20-/m1/s1. The molecule has 1 saturated heterocycles. The van der Waals surface area contributed by atoms with E-state index >= 15 is 0 Å². The van der Waals surface area contributed by atoms with Crippen LogP contribution in [0, 0.1) is 13.8 Å². The summed E-state index contributed by atoms with van der Waals surface area (Å²) in [5.41, 5.74) is 2.68. The number of imide groups is 1. The normalized spacial score (nSPS) is 19.8. The molecule has 1 aliphatic heterocycles. The number of rotatable bonds is 6. The third kappa shape index (κ3) is 4.16. The summed E-state index contributed by atoms with van der Waals surface area (Å²) in [5.74, 6) is -0.563. The van der Waals surface area contributed by atoms with E-state index in [1.165, 1.54) is 5.57 Å². The van der Waals surface area contributed by atoms with Crippen molar-refractivity contribution in [3.8, 4) is 0 Å². The number of allylic oxidation sites excluding steroid dienone is 2. The molecule has 1 fully saturated rings. The van der Waals surface area contributed by atoms with E-state index in [1.807, 2.05) is 45.9 Å². The minimum Gasteiger partial charge on any atom is -0.323 e. The molecule has 0 spiro atoms. The van der Waals surface area contributed by atoms with E-state index in [2.05, 4.69) is 5.32 Å². The van der Waals surface area contributed by atoms with Crippen LogP contribution in [0.2, 0.25) is 0 Å². The van der Waals surface area contributed by atoms with Crippen molar-refractivity contribution in [3.63, 3.8) is 0 Å². The van der Waals surface area contributed by atoms with Crippen LogP contribution >= 0.6 is 0 Å². The summed E-state index contributed by atoms with van der Waals surface area (Å²) in [6.45, 7) is 9.28. The third-order valence-electron chi connectivity index (χ3n) is 4.53. The van der Waals surface area contributed by atoms with Crippen LogP contribution < -0.4 is 5.32 Å². The van der Waals surface area contributed by atoms with Crippen LogP contribution in [-0.2, 0) is 4.79 Å². The lowest BCUT2D eigenvalue weighted by Crippen LogP contribution is -2.44. The lowest BCUT2D eigenvalue weighted by atomic mass is 9.95. The molecule has 3 amide bonds. The fourth-order valence-electron chi connectivity index (χ4n) is 3.06. The number of urea groups is 1. The molecular formula is C20H26N2O3. The number of benzene rings is 1. The fourth-order valence-corrected chi connectivity index (χ4v) is 3.06. The maximum absolute atomic E-state index is 12.7. The number of nitrogens with zero attached hydrogens (tertiary/aromatic N) is 1. The number of hydrogen-bond acceptors (Lipinski definition) is 3. The van der Waals surface area contributed by atoms with E-state index in [1.54, 1.807) is 13.0 Å². The molecule has 0 bridgehead atoms. The summed E-state index contributed by atoms with van der Waals surface area (Å²) >= 11 is 0. The summed E-state index contributed by atoms with van der Waals surface area (Å²) in [5, 5.41) is 2.74. The lowest BCUT2D eigenvalue weighted by molar-refractivity contribution is -0.130. The SMILES string of the molecule is CC(C)=CCC[C@@]1(C)NC(=O)N(CC(=O)c2ccc(C)cc2C)C1=O. The van der Waals surface area contributed by atoms with E-state index in [9.17, 15) is 14.4 Å². The van der Waals surface area contributed by atoms with Gasteiger partial charge in [0.2, 0.25) is 0 Å². The maximum Gasteiger partial charge on any atom is 0.325 e. The Hall–Kier alpha value is -2.43. The number of carbonyl (C=O) groups is 3. The molecule has 5 heteroatoms. The smallest absolute Gasteiger partial charge is 0.323 e. The van der Waals surface area contributed by atoms with Crippen molar-refractivity contribution in [1.82, 2.24) is 10.2 Å². The van der Waals surface area contributed by atoms with Crippen molar-refractivity contribution < 1.29 is 14.4 Å². The van der Waals surface area contributed by atoms with Crippen molar-refractivity contribution in [3.05, 3.63) is 46.5 Å². The van der Waals surface area contributed by atoms with Crippen LogP contribution in [0.1, 0.15) is 55.1 Å². The zero-order chi connectivity index (χ0) is 18.8. The van der Waals surface area contributed by atoms with Gasteiger partial charge in [-0.1, -0.05) is 35.4 Å². The highest BCUT2D eigenvalue weighted by Gasteiger charge is 2.47. The van der Waals surface area contributed by atoms with Crippen LogP contribution in [-0.4, -0.2) is 34.7 Å². The number of hydrogen-bond donors (Lipinski definition) is 1. The van der Waals surface area contributed by atoms with Crippen LogP contribution in [0.3, 0.4) is 0 Å². The first kappa shape index (κ1) is 18.9. The lowest BCUT2D eigenvalue weighted by Gasteiger charge is -2.21. The van der Waals surface area contributed by atoms with Crippen molar-refractivity contribution in [2.75, 3.05) is 6.54 Å². The van der Waals surface area contributed by atoms with Crippen molar-refractivity contribution in [2.24, 2.45) is 0 Å². The van der Waals surface area contributed by atoms with Crippen LogP contribution in [0.15, 0.2) is 29.8 Å². The molecule has 0 aliphatic carbocycles. The average molecular weight is 342 g/mol. The Morgan fingerprint density at radius 2 is 1.92 bits per heavy atom. The van der Waals surface area contributed by atoms with Gasteiger partial charge in [0.15, 0.2) is 5.78 Å². The van der Waals surface area contributed by atoms with Gasteiger partial charge < -0.3 is 5.32 Å². The third-order valence-corrected chi connectivity index (χ3v) is 4.53. The van der Waals surface area contributed by atoms with E-state index in [4.69, 9.17) is 0 Å². The van der Waals surface area contributed by atoms with Gasteiger partial charge >= 0.3 is 6.03 Å². The molecule has 0 aromatic heterocycles. The maximum atomic E-state index is 12.7. The van der Waals surface area contributed by atoms with Gasteiger partial charge in [0.05, 0.1) is 6.54 Å². The molecular weight excluding hydrogens is 316 g/mol.